The van der Waals surface area contributed by atoms with Crippen LogP contribution in [-0.4, -0.2) is 41.1 Å². The van der Waals surface area contributed by atoms with E-state index in [0.29, 0.717) is 37.1 Å². The summed E-state index contributed by atoms with van der Waals surface area (Å²) in [4.78, 5) is 28.4. The van der Waals surface area contributed by atoms with Crippen molar-refractivity contribution in [3.8, 4) is 0 Å². The zero-order valence-electron chi connectivity index (χ0n) is 24.6. The van der Waals surface area contributed by atoms with Gasteiger partial charge in [-0.05, 0) is 92.9 Å². The summed E-state index contributed by atoms with van der Waals surface area (Å²) in [7, 11) is 0. The van der Waals surface area contributed by atoms with E-state index in [1.165, 1.54) is 6.07 Å². The van der Waals surface area contributed by atoms with Crippen molar-refractivity contribution in [1.82, 2.24) is 4.90 Å². The number of carbonyl (C=O) groups excluding carboxylic acids is 1. The van der Waals surface area contributed by atoms with Gasteiger partial charge in [-0.1, -0.05) is 48.5 Å². The average Bonchev–Trinajstić information content (AvgIpc) is 3.03. The summed E-state index contributed by atoms with van der Waals surface area (Å²) in [5.41, 5.74) is -4.54. The van der Waals surface area contributed by atoms with E-state index in [0.717, 1.165) is 12.8 Å². The van der Waals surface area contributed by atoms with Crippen LogP contribution in [0.2, 0.25) is 0 Å². The molecule has 246 valence electrons. The first-order valence-electron chi connectivity index (χ1n) is 15.0. The molecule has 1 saturated heterocycles. The number of likely N-dealkylation sites (tertiary alicyclic amines) is 1. The Bertz CT molecular complexity index is 1510. The van der Waals surface area contributed by atoms with Crippen LogP contribution in [-0.2, 0) is 32.1 Å². The van der Waals surface area contributed by atoms with Crippen molar-refractivity contribution >= 4 is 11.9 Å². The topological polar surface area (TPSA) is 66.8 Å². The van der Waals surface area contributed by atoms with E-state index >= 15 is 0 Å². The second-order valence-electron chi connectivity index (χ2n) is 12.0. The lowest BCUT2D eigenvalue weighted by molar-refractivity contribution is -0.170. The van der Waals surface area contributed by atoms with Gasteiger partial charge in [0.2, 0.25) is 6.10 Å². The Kier molecular flexibility index (Phi) is 9.49. The van der Waals surface area contributed by atoms with Gasteiger partial charge in [-0.25, -0.2) is 9.18 Å². The van der Waals surface area contributed by atoms with Crippen molar-refractivity contribution in [3.63, 3.8) is 0 Å². The number of aliphatic carboxylic acids is 1. The molecule has 0 radical (unpaired) electrons. The zero-order chi connectivity index (χ0) is 33.3. The molecule has 5 nitrogen and oxygen atoms in total. The van der Waals surface area contributed by atoms with Crippen molar-refractivity contribution in [1.29, 1.82) is 0 Å². The molecule has 46 heavy (non-hydrogen) atoms. The third kappa shape index (κ3) is 7.06. The Morgan fingerprint density at radius 2 is 1.35 bits per heavy atom. The van der Waals surface area contributed by atoms with Crippen molar-refractivity contribution in [2.45, 2.75) is 74.4 Å². The van der Waals surface area contributed by atoms with E-state index in [2.05, 4.69) is 4.90 Å². The number of alkyl halides is 6. The van der Waals surface area contributed by atoms with Crippen LogP contribution in [0.25, 0.3) is 0 Å². The zero-order valence-corrected chi connectivity index (χ0v) is 24.6. The number of esters is 1. The minimum atomic E-state index is -5.21. The number of ether oxygens (including phenoxy) is 1. The van der Waals surface area contributed by atoms with Gasteiger partial charge in [0.05, 0.1) is 16.5 Å². The summed E-state index contributed by atoms with van der Waals surface area (Å²) >= 11 is 0. The summed E-state index contributed by atoms with van der Waals surface area (Å²) < 4.78 is 101. The predicted octanol–water partition coefficient (Wildman–Crippen LogP) is 8.29. The van der Waals surface area contributed by atoms with Gasteiger partial charge in [-0.2, -0.15) is 26.3 Å². The third-order valence-corrected chi connectivity index (χ3v) is 9.28. The normalized spacial score (nSPS) is 22.3. The number of nitrogens with zero attached hydrogens (tertiary/aromatic N) is 1. The van der Waals surface area contributed by atoms with Gasteiger partial charge in [0, 0.05) is 11.6 Å². The quantitative estimate of drug-likeness (QED) is 0.206. The van der Waals surface area contributed by atoms with Crippen LogP contribution >= 0.6 is 0 Å². The molecule has 1 atom stereocenters. The number of piperidine rings is 1. The molecule has 1 aliphatic heterocycles. The van der Waals surface area contributed by atoms with Crippen LogP contribution in [0.15, 0.2) is 72.8 Å². The second-order valence-corrected chi connectivity index (χ2v) is 12.0. The smallest absolute Gasteiger partial charge is 0.416 e. The highest BCUT2D eigenvalue weighted by atomic mass is 19.4. The summed E-state index contributed by atoms with van der Waals surface area (Å²) in [6.07, 6.45) is -9.88. The van der Waals surface area contributed by atoms with Gasteiger partial charge in [0.25, 0.3) is 0 Å². The molecular formula is C34H32F7NO4. The number of rotatable bonds is 7. The van der Waals surface area contributed by atoms with Crippen LogP contribution in [0.1, 0.15) is 78.4 Å². The minimum Gasteiger partial charge on any atom is -0.478 e. The number of hydrogen-bond acceptors (Lipinski definition) is 4. The Balaban J connectivity index is 1.37. The molecule has 3 aromatic rings. The molecule has 2 fully saturated rings. The van der Waals surface area contributed by atoms with Gasteiger partial charge in [0.15, 0.2) is 0 Å². The molecule has 1 heterocycles. The van der Waals surface area contributed by atoms with Crippen LogP contribution in [0.3, 0.4) is 0 Å². The molecule has 1 aliphatic carbocycles. The van der Waals surface area contributed by atoms with Crippen molar-refractivity contribution < 1.29 is 50.2 Å². The Hall–Kier alpha value is -3.93. The van der Waals surface area contributed by atoms with Crippen LogP contribution in [0.5, 0.6) is 0 Å². The van der Waals surface area contributed by atoms with E-state index in [9.17, 15) is 45.4 Å². The first-order chi connectivity index (χ1) is 21.7. The van der Waals surface area contributed by atoms with Crippen LogP contribution < -0.4 is 0 Å². The van der Waals surface area contributed by atoms with Crippen LogP contribution in [0, 0.1) is 5.82 Å². The van der Waals surface area contributed by atoms with E-state index in [1.54, 1.807) is 42.5 Å². The van der Waals surface area contributed by atoms with E-state index < -0.39 is 52.5 Å². The van der Waals surface area contributed by atoms with Gasteiger partial charge in [-0.15, -0.1) is 0 Å². The fourth-order valence-corrected chi connectivity index (χ4v) is 6.82. The van der Waals surface area contributed by atoms with Gasteiger partial charge < -0.3 is 14.7 Å². The summed E-state index contributed by atoms with van der Waals surface area (Å²) in [6, 6.07) is 15.6. The maximum atomic E-state index is 14.3. The fraction of sp³-hybridized carbons (Fsp3) is 0.412. The molecule has 0 bridgehead atoms. The predicted molar refractivity (Wildman–Crippen MR) is 153 cm³/mol. The average molecular weight is 652 g/mol. The highest BCUT2D eigenvalue weighted by Gasteiger charge is 2.48. The van der Waals surface area contributed by atoms with Gasteiger partial charge in [0.1, 0.15) is 5.82 Å². The molecule has 1 unspecified atom stereocenters. The Labute approximate surface area is 261 Å². The maximum absolute atomic E-state index is 14.3. The number of carboxylic acids is 1. The Morgan fingerprint density at radius 3 is 1.87 bits per heavy atom. The van der Waals surface area contributed by atoms with E-state index in [4.69, 9.17) is 4.74 Å². The Morgan fingerprint density at radius 1 is 0.804 bits per heavy atom. The number of benzene rings is 3. The first-order valence-corrected chi connectivity index (χ1v) is 15.0. The van der Waals surface area contributed by atoms with Crippen molar-refractivity contribution in [2.24, 2.45) is 0 Å². The van der Waals surface area contributed by atoms with Gasteiger partial charge >= 0.3 is 24.3 Å². The van der Waals surface area contributed by atoms with E-state index in [1.807, 2.05) is 6.07 Å². The number of halogens is 7. The molecule has 0 aromatic heterocycles. The summed E-state index contributed by atoms with van der Waals surface area (Å²) in [5, 5.41) is 9.88. The largest absolute Gasteiger partial charge is 0.478 e. The number of hydrogen-bond donors (Lipinski definition) is 1. The standard InChI is InChI=1S/C34H32F7NO4/c35-28-9-5-4-8-27(28)21-12-16-42(17-13-21)26-10-14-32(15-11-26,23-6-2-1-3-7-23)31(45)46-29(30(43)44)22-18-24(33(36,37)38)20-25(19-22)34(39,40)41/h1-9,18-21,26,29H,10-17H2,(H,43,44). The SMILES string of the molecule is O=C(O)C(OC(=O)C1(c2ccccc2)CCC(N2CCC(c3ccccc3F)CC2)CC1)c1cc(C(F)(F)F)cc(C(F)(F)F)c1. The first kappa shape index (κ1) is 33.4. The lowest BCUT2D eigenvalue weighted by Crippen LogP contribution is -2.48. The highest BCUT2D eigenvalue weighted by Crippen LogP contribution is 2.45. The molecule has 1 saturated carbocycles. The van der Waals surface area contributed by atoms with Crippen LogP contribution in [0.4, 0.5) is 30.7 Å². The van der Waals surface area contributed by atoms with Crippen molar-refractivity contribution in [2.75, 3.05) is 13.1 Å². The number of carboxylic acid groups (broad SMARTS) is 1. The molecular weight excluding hydrogens is 619 g/mol. The third-order valence-electron chi connectivity index (χ3n) is 9.28. The lowest BCUT2D eigenvalue weighted by atomic mass is 9.67. The summed E-state index contributed by atoms with van der Waals surface area (Å²) in [6.45, 7) is 1.43. The second kappa shape index (κ2) is 13.1. The molecule has 1 N–H and O–H groups in total. The number of carbonyl (C=O) groups is 2. The molecule has 12 heteroatoms. The minimum absolute atomic E-state index is 0.0688. The van der Waals surface area contributed by atoms with Crippen molar-refractivity contribution in [3.05, 3.63) is 106 Å². The summed E-state index contributed by atoms with van der Waals surface area (Å²) in [5.74, 6) is -3.09. The monoisotopic (exact) mass is 651 g/mol. The molecule has 3 aromatic carbocycles. The molecule has 2 aliphatic rings. The van der Waals surface area contributed by atoms with E-state index in [-0.39, 0.29) is 48.8 Å². The fourth-order valence-electron chi connectivity index (χ4n) is 6.82. The molecule has 5 rings (SSSR count). The maximum Gasteiger partial charge on any atom is 0.416 e. The highest BCUT2D eigenvalue weighted by molar-refractivity contribution is 5.86. The molecule has 0 spiro atoms. The lowest BCUT2D eigenvalue weighted by Gasteiger charge is -2.44. The molecule has 0 amide bonds. The van der Waals surface area contributed by atoms with Gasteiger partial charge in [-0.3, -0.25) is 4.79 Å².